The second-order valence-corrected chi connectivity index (χ2v) is 8.16. The molecule has 7 nitrogen and oxygen atoms in total. The highest BCUT2D eigenvalue weighted by molar-refractivity contribution is 5.98. The predicted octanol–water partition coefficient (Wildman–Crippen LogP) is 3.23. The maximum Gasteiger partial charge on any atom is 0.252 e. The first-order valence-corrected chi connectivity index (χ1v) is 10.8. The molecule has 0 heterocycles. The highest BCUT2D eigenvalue weighted by Crippen LogP contribution is 2.22. The smallest absolute Gasteiger partial charge is 0.252 e. The standard InChI is InChI=1S/C25H35N3O4/c1-7-28(4)16-19-10-8-9-18(11-19)15-26-25(30)23(17(2)3)27-24(29)20-12-21(31-5)14-22(13-20)32-6/h8-14,17,23H,7,15-16H2,1-6H3,(H,26,30)(H,27,29). The van der Waals surface area contributed by atoms with Crippen molar-refractivity contribution < 1.29 is 19.1 Å². The molecule has 0 aliphatic carbocycles. The SMILES string of the molecule is CCN(C)Cc1cccc(CNC(=O)C(NC(=O)c2cc(OC)cc(OC)c2)C(C)C)c1. The van der Waals surface area contributed by atoms with Gasteiger partial charge in [0.05, 0.1) is 14.2 Å². The molecule has 0 spiro atoms. The third-order valence-electron chi connectivity index (χ3n) is 5.30. The largest absolute Gasteiger partial charge is 0.497 e. The number of amides is 2. The minimum Gasteiger partial charge on any atom is -0.497 e. The van der Waals surface area contributed by atoms with Crippen LogP contribution in [0.4, 0.5) is 0 Å². The molecule has 0 aromatic heterocycles. The third-order valence-corrected chi connectivity index (χ3v) is 5.30. The van der Waals surface area contributed by atoms with Crippen LogP contribution in [0.15, 0.2) is 42.5 Å². The zero-order chi connectivity index (χ0) is 23.7. The number of methoxy groups -OCH3 is 2. The maximum absolute atomic E-state index is 12.9. The number of nitrogens with zero attached hydrogens (tertiary/aromatic N) is 1. The number of hydrogen-bond acceptors (Lipinski definition) is 5. The number of rotatable bonds is 11. The summed E-state index contributed by atoms with van der Waals surface area (Å²) in [5, 5.41) is 5.81. The molecule has 2 amide bonds. The van der Waals surface area contributed by atoms with Crippen molar-refractivity contribution in [3.63, 3.8) is 0 Å². The van der Waals surface area contributed by atoms with E-state index in [4.69, 9.17) is 9.47 Å². The Labute approximate surface area is 191 Å². The highest BCUT2D eigenvalue weighted by Gasteiger charge is 2.25. The van der Waals surface area contributed by atoms with E-state index in [1.807, 2.05) is 26.0 Å². The number of hydrogen-bond donors (Lipinski definition) is 2. The van der Waals surface area contributed by atoms with Gasteiger partial charge in [-0.2, -0.15) is 0 Å². The lowest BCUT2D eigenvalue weighted by molar-refractivity contribution is -0.124. The quantitative estimate of drug-likeness (QED) is 0.560. The molecule has 0 saturated heterocycles. The molecule has 0 saturated carbocycles. The van der Waals surface area contributed by atoms with Gasteiger partial charge in [0.2, 0.25) is 5.91 Å². The lowest BCUT2D eigenvalue weighted by Crippen LogP contribution is -2.49. The summed E-state index contributed by atoms with van der Waals surface area (Å²) in [7, 11) is 5.12. The Kier molecular flexibility index (Phi) is 9.53. The van der Waals surface area contributed by atoms with Gasteiger partial charge in [-0.25, -0.2) is 0 Å². The average molecular weight is 442 g/mol. The molecule has 174 valence electrons. The summed E-state index contributed by atoms with van der Waals surface area (Å²) in [4.78, 5) is 28.0. The van der Waals surface area contributed by atoms with Crippen molar-refractivity contribution in [2.24, 2.45) is 5.92 Å². The molecule has 0 aliphatic heterocycles. The van der Waals surface area contributed by atoms with Crippen molar-refractivity contribution in [3.8, 4) is 11.5 Å². The zero-order valence-electron chi connectivity index (χ0n) is 19.9. The van der Waals surface area contributed by atoms with Crippen molar-refractivity contribution in [2.45, 2.75) is 39.9 Å². The fraction of sp³-hybridized carbons (Fsp3) is 0.440. The van der Waals surface area contributed by atoms with Crippen LogP contribution in [0.5, 0.6) is 11.5 Å². The van der Waals surface area contributed by atoms with E-state index in [-0.39, 0.29) is 17.7 Å². The van der Waals surface area contributed by atoms with Crippen LogP contribution in [-0.4, -0.2) is 50.6 Å². The second kappa shape index (κ2) is 12.1. The zero-order valence-corrected chi connectivity index (χ0v) is 19.9. The van der Waals surface area contributed by atoms with E-state index in [1.54, 1.807) is 18.2 Å². The maximum atomic E-state index is 12.9. The van der Waals surface area contributed by atoms with E-state index >= 15 is 0 Å². The van der Waals surface area contributed by atoms with Crippen LogP contribution in [0.1, 0.15) is 42.3 Å². The van der Waals surface area contributed by atoms with E-state index in [1.165, 1.54) is 19.8 Å². The Morgan fingerprint density at radius 2 is 1.62 bits per heavy atom. The van der Waals surface area contributed by atoms with Crippen LogP contribution in [-0.2, 0) is 17.9 Å². The summed E-state index contributed by atoms with van der Waals surface area (Å²) in [6, 6.07) is 12.4. The average Bonchev–Trinajstić information content (AvgIpc) is 2.80. The number of carbonyl (C=O) groups is 2. The molecule has 2 aromatic rings. The monoisotopic (exact) mass is 441 g/mol. The van der Waals surface area contributed by atoms with E-state index in [2.05, 4.69) is 41.6 Å². The molecule has 2 N–H and O–H groups in total. The molecule has 0 radical (unpaired) electrons. The summed E-state index contributed by atoms with van der Waals surface area (Å²) in [6.45, 7) is 8.14. The molecule has 0 fully saturated rings. The minimum absolute atomic E-state index is 0.0870. The van der Waals surface area contributed by atoms with Gasteiger partial charge in [-0.15, -0.1) is 0 Å². The summed E-state index contributed by atoms with van der Waals surface area (Å²) in [6.07, 6.45) is 0. The van der Waals surface area contributed by atoms with Crippen LogP contribution >= 0.6 is 0 Å². The van der Waals surface area contributed by atoms with E-state index < -0.39 is 6.04 Å². The van der Waals surface area contributed by atoms with Crippen molar-refractivity contribution in [2.75, 3.05) is 27.8 Å². The Morgan fingerprint density at radius 3 is 2.19 bits per heavy atom. The second-order valence-electron chi connectivity index (χ2n) is 8.16. The van der Waals surface area contributed by atoms with Gasteiger partial charge in [-0.1, -0.05) is 45.0 Å². The molecule has 2 rings (SSSR count). The van der Waals surface area contributed by atoms with Crippen LogP contribution in [0, 0.1) is 5.92 Å². The van der Waals surface area contributed by atoms with Crippen molar-refractivity contribution in [3.05, 3.63) is 59.2 Å². The molecule has 1 atom stereocenters. The summed E-state index contributed by atoms with van der Waals surface area (Å²) in [5.74, 6) is 0.346. The fourth-order valence-corrected chi connectivity index (χ4v) is 3.26. The Hall–Kier alpha value is -3.06. The van der Waals surface area contributed by atoms with Crippen molar-refractivity contribution in [1.29, 1.82) is 0 Å². The molecule has 2 aromatic carbocycles. The first-order valence-electron chi connectivity index (χ1n) is 10.8. The number of carbonyl (C=O) groups excluding carboxylic acids is 2. The lowest BCUT2D eigenvalue weighted by Gasteiger charge is -2.22. The van der Waals surface area contributed by atoms with Gasteiger partial charge < -0.3 is 25.0 Å². The molecule has 0 aliphatic rings. The van der Waals surface area contributed by atoms with Gasteiger partial charge >= 0.3 is 0 Å². The molecule has 32 heavy (non-hydrogen) atoms. The molecule has 0 bridgehead atoms. The van der Waals surface area contributed by atoms with Crippen molar-refractivity contribution in [1.82, 2.24) is 15.5 Å². The molecular weight excluding hydrogens is 406 g/mol. The van der Waals surface area contributed by atoms with Gasteiger partial charge in [-0.05, 0) is 42.8 Å². The minimum atomic E-state index is -0.672. The van der Waals surface area contributed by atoms with E-state index in [9.17, 15) is 9.59 Å². The molecule has 1 unspecified atom stereocenters. The fourth-order valence-electron chi connectivity index (χ4n) is 3.26. The van der Waals surface area contributed by atoms with E-state index in [0.29, 0.717) is 23.6 Å². The third kappa shape index (κ3) is 7.27. The molecular formula is C25H35N3O4. The lowest BCUT2D eigenvalue weighted by atomic mass is 10.0. The van der Waals surface area contributed by atoms with Crippen LogP contribution in [0.25, 0.3) is 0 Å². The van der Waals surface area contributed by atoms with Crippen LogP contribution < -0.4 is 20.1 Å². The van der Waals surface area contributed by atoms with Gasteiger partial charge in [-0.3, -0.25) is 9.59 Å². The van der Waals surface area contributed by atoms with E-state index in [0.717, 1.165) is 18.7 Å². The number of benzene rings is 2. The summed E-state index contributed by atoms with van der Waals surface area (Å²) >= 11 is 0. The van der Waals surface area contributed by atoms with Gasteiger partial charge in [0.1, 0.15) is 17.5 Å². The van der Waals surface area contributed by atoms with Crippen LogP contribution in [0.2, 0.25) is 0 Å². The van der Waals surface area contributed by atoms with Gasteiger partial charge in [0.15, 0.2) is 0 Å². The molecule has 7 heteroatoms. The summed E-state index contributed by atoms with van der Waals surface area (Å²) in [5.41, 5.74) is 2.58. The topological polar surface area (TPSA) is 79.9 Å². The number of nitrogens with one attached hydrogen (secondary N) is 2. The number of ether oxygens (including phenoxy) is 2. The summed E-state index contributed by atoms with van der Waals surface area (Å²) < 4.78 is 10.5. The van der Waals surface area contributed by atoms with Crippen LogP contribution in [0.3, 0.4) is 0 Å². The predicted molar refractivity (Wildman–Crippen MR) is 126 cm³/mol. The Bertz CT molecular complexity index is 892. The Morgan fingerprint density at radius 1 is 1.00 bits per heavy atom. The normalized spacial score (nSPS) is 11.9. The first-order chi connectivity index (χ1) is 15.3. The highest BCUT2D eigenvalue weighted by atomic mass is 16.5. The first kappa shape index (κ1) is 25.2. The Balaban J connectivity index is 2.05. The van der Waals surface area contributed by atoms with Gasteiger partial charge in [0, 0.05) is 24.7 Å². The van der Waals surface area contributed by atoms with Crippen molar-refractivity contribution >= 4 is 11.8 Å². The van der Waals surface area contributed by atoms with Gasteiger partial charge in [0.25, 0.3) is 5.91 Å².